The van der Waals surface area contributed by atoms with Crippen molar-refractivity contribution in [1.29, 1.82) is 0 Å². The third kappa shape index (κ3) is 1.60. The molecule has 80 valence electrons. The Hall–Kier alpha value is -1.45. The van der Waals surface area contributed by atoms with Crippen LogP contribution in [0.3, 0.4) is 0 Å². The molecule has 2 aromatic heterocycles. The molecule has 4 nitrogen and oxygen atoms in total. The summed E-state index contributed by atoms with van der Waals surface area (Å²) in [5, 5.41) is 0. The van der Waals surface area contributed by atoms with Gasteiger partial charge in [-0.1, -0.05) is 0 Å². The van der Waals surface area contributed by atoms with Crippen LogP contribution in [0, 0.1) is 13.8 Å². The van der Waals surface area contributed by atoms with Gasteiger partial charge in [0, 0.05) is 5.54 Å². The van der Waals surface area contributed by atoms with Crippen LogP contribution in [0.15, 0.2) is 6.33 Å². The molecule has 0 amide bonds. The Morgan fingerprint density at radius 3 is 2.40 bits per heavy atom. The van der Waals surface area contributed by atoms with Crippen molar-refractivity contribution in [3.8, 4) is 0 Å². The van der Waals surface area contributed by atoms with Gasteiger partial charge in [0.2, 0.25) is 0 Å². The number of rotatable bonds is 0. The minimum absolute atomic E-state index is 0.00197. The second-order valence-corrected chi connectivity index (χ2v) is 4.81. The van der Waals surface area contributed by atoms with Gasteiger partial charge in [-0.05, 0) is 34.6 Å². The van der Waals surface area contributed by atoms with Crippen molar-refractivity contribution in [2.24, 2.45) is 0 Å². The number of aromatic nitrogens is 4. The van der Waals surface area contributed by atoms with E-state index in [2.05, 4.69) is 40.3 Å². The topological polar surface area (TPSA) is 43.6 Å². The van der Waals surface area contributed by atoms with Gasteiger partial charge in [0.05, 0.1) is 12.0 Å². The standard InChI is InChI=1S/C11H16N4/c1-7-9-10(14-8(2)13-7)15(6-12-9)11(3,4)5/h6H,1-5H3. The molecule has 0 aliphatic rings. The molecule has 0 fully saturated rings. The Kier molecular flexibility index (Phi) is 2.03. The monoisotopic (exact) mass is 204 g/mol. The van der Waals surface area contributed by atoms with Gasteiger partial charge in [-0.25, -0.2) is 15.0 Å². The Balaban J connectivity index is 2.80. The maximum atomic E-state index is 4.45. The molecule has 0 unspecified atom stereocenters. The number of hydrogen-bond acceptors (Lipinski definition) is 3. The zero-order valence-corrected chi connectivity index (χ0v) is 9.87. The molecule has 0 saturated heterocycles. The van der Waals surface area contributed by atoms with Gasteiger partial charge >= 0.3 is 0 Å². The molecule has 2 aromatic rings. The molecule has 0 aromatic carbocycles. The van der Waals surface area contributed by atoms with E-state index < -0.39 is 0 Å². The fraction of sp³-hybridized carbons (Fsp3) is 0.545. The zero-order chi connectivity index (χ0) is 11.2. The molecule has 0 spiro atoms. The Bertz CT molecular complexity index is 505. The van der Waals surface area contributed by atoms with Crippen LogP contribution in [0.25, 0.3) is 11.2 Å². The van der Waals surface area contributed by atoms with Gasteiger partial charge < -0.3 is 4.57 Å². The smallest absolute Gasteiger partial charge is 0.164 e. The normalized spacial score (nSPS) is 12.3. The van der Waals surface area contributed by atoms with E-state index in [4.69, 9.17) is 0 Å². The molecule has 0 N–H and O–H groups in total. The van der Waals surface area contributed by atoms with Crippen LogP contribution in [0.4, 0.5) is 0 Å². The van der Waals surface area contributed by atoms with E-state index in [1.54, 1.807) is 0 Å². The van der Waals surface area contributed by atoms with Gasteiger partial charge in [0.1, 0.15) is 11.3 Å². The number of imidazole rings is 1. The number of hydrogen-bond donors (Lipinski definition) is 0. The summed E-state index contributed by atoms with van der Waals surface area (Å²) in [6, 6.07) is 0. The summed E-state index contributed by atoms with van der Waals surface area (Å²) in [6.07, 6.45) is 1.84. The van der Waals surface area contributed by atoms with Gasteiger partial charge in [-0.3, -0.25) is 0 Å². The maximum Gasteiger partial charge on any atom is 0.164 e. The third-order valence-corrected chi connectivity index (χ3v) is 2.40. The average Bonchev–Trinajstić information content (AvgIpc) is 2.45. The van der Waals surface area contributed by atoms with E-state index in [9.17, 15) is 0 Å². The highest BCUT2D eigenvalue weighted by Gasteiger charge is 2.18. The molecular weight excluding hydrogens is 188 g/mol. The first-order valence-corrected chi connectivity index (χ1v) is 5.08. The van der Waals surface area contributed by atoms with E-state index in [1.165, 1.54) is 0 Å². The first-order chi connectivity index (χ1) is 6.89. The predicted octanol–water partition coefficient (Wildman–Crippen LogP) is 2.20. The van der Waals surface area contributed by atoms with Crippen LogP contribution in [-0.4, -0.2) is 19.5 Å². The number of nitrogens with zero attached hydrogens (tertiary/aromatic N) is 4. The first-order valence-electron chi connectivity index (χ1n) is 5.08. The minimum atomic E-state index is 0.00197. The molecule has 2 rings (SSSR count). The van der Waals surface area contributed by atoms with Crippen LogP contribution < -0.4 is 0 Å². The van der Waals surface area contributed by atoms with Gasteiger partial charge in [0.25, 0.3) is 0 Å². The minimum Gasteiger partial charge on any atom is -0.310 e. The lowest BCUT2D eigenvalue weighted by Crippen LogP contribution is -2.21. The molecule has 4 heteroatoms. The Labute approximate surface area is 89.4 Å². The summed E-state index contributed by atoms with van der Waals surface area (Å²) in [7, 11) is 0. The highest BCUT2D eigenvalue weighted by atomic mass is 15.2. The summed E-state index contributed by atoms with van der Waals surface area (Å²) in [5.74, 6) is 0.797. The van der Waals surface area contributed by atoms with E-state index in [0.29, 0.717) is 0 Å². The summed E-state index contributed by atoms with van der Waals surface area (Å²) >= 11 is 0. The Morgan fingerprint density at radius 2 is 1.80 bits per heavy atom. The van der Waals surface area contributed by atoms with E-state index in [0.717, 1.165) is 22.7 Å². The molecule has 0 aliphatic heterocycles. The second-order valence-electron chi connectivity index (χ2n) is 4.81. The lowest BCUT2D eigenvalue weighted by atomic mass is 10.1. The fourth-order valence-electron chi connectivity index (χ4n) is 1.67. The molecule has 0 radical (unpaired) electrons. The molecule has 0 bridgehead atoms. The molecule has 15 heavy (non-hydrogen) atoms. The quantitative estimate of drug-likeness (QED) is 0.660. The third-order valence-electron chi connectivity index (χ3n) is 2.40. The average molecular weight is 204 g/mol. The van der Waals surface area contributed by atoms with Gasteiger partial charge in [-0.2, -0.15) is 0 Å². The lowest BCUT2D eigenvalue weighted by molar-refractivity contribution is 0.406. The van der Waals surface area contributed by atoms with E-state index in [-0.39, 0.29) is 5.54 Å². The summed E-state index contributed by atoms with van der Waals surface area (Å²) in [6.45, 7) is 10.3. The Morgan fingerprint density at radius 1 is 1.13 bits per heavy atom. The van der Waals surface area contributed by atoms with Crippen LogP contribution in [0.2, 0.25) is 0 Å². The van der Waals surface area contributed by atoms with Crippen molar-refractivity contribution >= 4 is 11.2 Å². The maximum absolute atomic E-state index is 4.45. The summed E-state index contributed by atoms with van der Waals surface area (Å²) in [5.41, 5.74) is 2.77. The number of aryl methyl sites for hydroxylation is 2. The van der Waals surface area contributed by atoms with Crippen LogP contribution in [0.1, 0.15) is 32.3 Å². The van der Waals surface area contributed by atoms with Crippen LogP contribution in [-0.2, 0) is 5.54 Å². The van der Waals surface area contributed by atoms with Crippen molar-refractivity contribution in [2.45, 2.75) is 40.2 Å². The molecule has 2 heterocycles. The lowest BCUT2D eigenvalue weighted by Gasteiger charge is -2.20. The number of fused-ring (bicyclic) bond motifs is 1. The van der Waals surface area contributed by atoms with Crippen molar-refractivity contribution in [1.82, 2.24) is 19.5 Å². The van der Waals surface area contributed by atoms with E-state index >= 15 is 0 Å². The van der Waals surface area contributed by atoms with Crippen LogP contribution >= 0.6 is 0 Å². The molecular formula is C11H16N4. The van der Waals surface area contributed by atoms with Crippen molar-refractivity contribution in [3.63, 3.8) is 0 Å². The van der Waals surface area contributed by atoms with Gasteiger partial charge in [-0.15, -0.1) is 0 Å². The highest BCUT2D eigenvalue weighted by molar-refractivity contribution is 5.73. The van der Waals surface area contributed by atoms with E-state index in [1.807, 2.05) is 20.2 Å². The summed E-state index contributed by atoms with van der Waals surface area (Å²) < 4.78 is 2.09. The highest BCUT2D eigenvalue weighted by Crippen LogP contribution is 2.21. The van der Waals surface area contributed by atoms with Gasteiger partial charge in [0.15, 0.2) is 5.65 Å². The SMILES string of the molecule is Cc1nc(C)c2ncn(C(C)(C)C)c2n1. The fourth-order valence-corrected chi connectivity index (χ4v) is 1.67. The second kappa shape index (κ2) is 3.02. The predicted molar refractivity (Wildman–Crippen MR) is 59.8 cm³/mol. The van der Waals surface area contributed by atoms with Crippen molar-refractivity contribution < 1.29 is 0 Å². The largest absolute Gasteiger partial charge is 0.310 e. The zero-order valence-electron chi connectivity index (χ0n) is 9.87. The molecule has 0 atom stereocenters. The molecule has 0 saturated carbocycles. The van der Waals surface area contributed by atoms with Crippen molar-refractivity contribution in [2.75, 3.05) is 0 Å². The first kappa shape index (κ1) is 10.1. The van der Waals surface area contributed by atoms with Crippen molar-refractivity contribution in [3.05, 3.63) is 17.8 Å². The summed E-state index contributed by atoms with van der Waals surface area (Å²) in [4.78, 5) is 13.1. The molecule has 0 aliphatic carbocycles. The van der Waals surface area contributed by atoms with Crippen LogP contribution in [0.5, 0.6) is 0 Å².